The van der Waals surface area contributed by atoms with Gasteiger partial charge in [-0.25, -0.2) is 9.97 Å². The predicted molar refractivity (Wildman–Crippen MR) is 66.7 cm³/mol. The van der Waals surface area contributed by atoms with Gasteiger partial charge in [0.2, 0.25) is 0 Å². The summed E-state index contributed by atoms with van der Waals surface area (Å²) in [5.41, 5.74) is 2.94. The first kappa shape index (κ1) is 10.3. The molecule has 0 radical (unpaired) electrons. The lowest BCUT2D eigenvalue weighted by molar-refractivity contribution is 1.12. The fraction of sp³-hybridized carbons (Fsp3) is 0. The molecular weight excluding hydrogens is 196 g/mol. The van der Waals surface area contributed by atoms with Gasteiger partial charge in [0.25, 0.3) is 0 Å². The largest absolute Gasteiger partial charge is 0.237 e. The third kappa shape index (κ3) is 2.06. The van der Waals surface area contributed by atoms with Crippen molar-refractivity contribution in [3.05, 3.63) is 72.8 Å². The smallest absolute Gasteiger partial charge is 0.159 e. The topological polar surface area (TPSA) is 25.8 Å². The molecule has 0 saturated carbocycles. The molecule has 0 unspecified atom stereocenters. The van der Waals surface area contributed by atoms with Crippen LogP contribution in [0.5, 0.6) is 0 Å². The van der Waals surface area contributed by atoms with Crippen LogP contribution in [0.1, 0.15) is 17.0 Å². The number of aromatic nitrogens is 2. The summed E-state index contributed by atoms with van der Waals surface area (Å²) in [5.74, 6) is 0.661. The van der Waals surface area contributed by atoms with Crippen LogP contribution in [0.2, 0.25) is 0 Å². The van der Waals surface area contributed by atoms with E-state index in [1.807, 2.05) is 30.3 Å². The second-order valence-electron chi connectivity index (χ2n) is 3.38. The Kier molecular flexibility index (Phi) is 2.92. The van der Waals surface area contributed by atoms with Gasteiger partial charge in [-0.15, -0.1) is 0 Å². The molecule has 0 N–H and O–H groups in total. The summed E-state index contributed by atoms with van der Waals surface area (Å²) in [6.07, 6.45) is 5.24. The minimum Gasteiger partial charge on any atom is -0.237 e. The zero-order valence-corrected chi connectivity index (χ0v) is 8.93. The molecule has 0 fully saturated rings. The molecule has 0 aliphatic rings. The van der Waals surface area contributed by atoms with Crippen LogP contribution in [0.4, 0.5) is 0 Å². The van der Waals surface area contributed by atoms with Gasteiger partial charge in [-0.1, -0.05) is 43.5 Å². The summed E-state index contributed by atoms with van der Waals surface area (Å²) in [4.78, 5) is 8.33. The zero-order chi connectivity index (χ0) is 11.4. The highest BCUT2D eigenvalue weighted by Crippen LogP contribution is 2.18. The average Bonchev–Trinajstić information content (AvgIpc) is 2.39. The summed E-state index contributed by atoms with van der Waals surface area (Å²) in [7, 11) is 0. The van der Waals surface area contributed by atoms with Gasteiger partial charge in [-0.3, -0.25) is 0 Å². The highest BCUT2D eigenvalue weighted by atomic mass is 14.9. The maximum atomic E-state index is 4.17. The zero-order valence-electron chi connectivity index (χ0n) is 8.93. The predicted octanol–water partition coefficient (Wildman–Crippen LogP) is 3.18. The maximum Gasteiger partial charge on any atom is 0.159 e. The van der Waals surface area contributed by atoms with Gasteiger partial charge in [0.15, 0.2) is 5.82 Å². The first-order valence-corrected chi connectivity index (χ1v) is 5.00. The minimum absolute atomic E-state index is 0.661. The molecule has 1 aromatic carbocycles. The molecule has 1 aromatic heterocycles. The third-order valence-electron chi connectivity index (χ3n) is 2.33. The molecule has 2 heteroatoms. The van der Waals surface area contributed by atoms with E-state index < -0.39 is 0 Å². The Morgan fingerprint density at radius 3 is 2.25 bits per heavy atom. The molecule has 0 aliphatic carbocycles. The van der Waals surface area contributed by atoms with Gasteiger partial charge >= 0.3 is 0 Å². The van der Waals surface area contributed by atoms with E-state index in [1.165, 1.54) is 0 Å². The minimum atomic E-state index is 0.661. The standard InChI is InChI=1S/C14H12N2/c1-3-12-5-7-13(8-6-12)11(2)14-15-9-4-10-16-14/h3-10H,1-2H2. The molecule has 0 amide bonds. The number of nitrogens with zero attached hydrogens (tertiary/aromatic N) is 2. The average molecular weight is 208 g/mol. The van der Waals surface area contributed by atoms with Crippen LogP contribution in [0.15, 0.2) is 55.9 Å². The van der Waals surface area contributed by atoms with Crippen LogP contribution in [0.3, 0.4) is 0 Å². The van der Waals surface area contributed by atoms with Gasteiger partial charge < -0.3 is 0 Å². The molecule has 0 saturated heterocycles. The molecular formula is C14H12N2. The first-order valence-electron chi connectivity index (χ1n) is 5.00. The lowest BCUT2D eigenvalue weighted by Gasteiger charge is -2.04. The molecule has 2 rings (SSSR count). The Bertz CT molecular complexity index is 498. The quantitative estimate of drug-likeness (QED) is 0.774. The normalized spacial score (nSPS) is 9.75. The SMILES string of the molecule is C=Cc1ccc(C(=C)c2ncccn2)cc1. The first-order chi connectivity index (χ1) is 7.81. The van der Waals surface area contributed by atoms with Crippen LogP contribution < -0.4 is 0 Å². The van der Waals surface area contributed by atoms with Crippen LogP contribution in [0, 0.1) is 0 Å². The monoisotopic (exact) mass is 208 g/mol. The van der Waals surface area contributed by atoms with Crippen molar-refractivity contribution in [1.29, 1.82) is 0 Å². The summed E-state index contributed by atoms with van der Waals surface area (Å²) < 4.78 is 0. The molecule has 0 spiro atoms. The Morgan fingerprint density at radius 1 is 1.06 bits per heavy atom. The van der Waals surface area contributed by atoms with E-state index in [0.717, 1.165) is 16.7 Å². The summed E-state index contributed by atoms with van der Waals surface area (Å²) in [6, 6.07) is 9.77. The van der Waals surface area contributed by atoms with Gasteiger partial charge in [-0.05, 0) is 17.2 Å². The second kappa shape index (κ2) is 4.53. The van der Waals surface area contributed by atoms with Crippen molar-refractivity contribution in [2.24, 2.45) is 0 Å². The third-order valence-corrected chi connectivity index (χ3v) is 2.33. The van der Waals surface area contributed by atoms with Crippen LogP contribution in [-0.2, 0) is 0 Å². The molecule has 2 aromatic rings. The fourth-order valence-electron chi connectivity index (χ4n) is 1.40. The molecule has 1 heterocycles. The highest BCUT2D eigenvalue weighted by Gasteiger charge is 2.03. The summed E-state index contributed by atoms with van der Waals surface area (Å²) in [6.45, 7) is 7.72. The fourth-order valence-corrected chi connectivity index (χ4v) is 1.40. The van der Waals surface area contributed by atoms with Crippen molar-refractivity contribution in [3.63, 3.8) is 0 Å². The second-order valence-corrected chi connectivity index (χ2v) is 3.38. The molecule has 0 bridgehead atoms. The van der Waals surface area contributed by atoms with Crippen LogP contribution in [0.25, 0.3) is 11.6 Å². The van der Waals surface area contributed by atoms with Gasteiger partial charge in [-0.2, -0.15) is 0 Å². The molecule has 16 heavy (non-hydrogen) atoms. The van der Waals surface area contributed by atoms with E-state index in [9.17, 15) is 0 Å². The number of hydrogen-bond acceptors (Lipinski definition) is 2. The number of rotatable bonds is 3. The van der Waals surface area contributed by atoms with E-state index >= 15 is 0 Å². The van der Waals surface area contributed by atoms with Crippen molar-refractivity contribution >= 4 is 11.6 Å². The van der Waals surface area contributed by atoms with Crippen molar-refractivity contribution in [1.82, 2.24) is 9.97 Å². The number of hydrogen-bond donors (Lipinski definition) is 0. The maximum absolute atomic E-state index is 4.17. The lowest BCUT2D eigenvalue weighted by Crippen LogP contribution is -1.93. The molecule has 0 aliphatic heterocycles. The Morgan fingerprint density at radius 2 is 1.69 bits per heavy atom. The van der Waals surface area contributed by atoms with Crippen molar-refractivity contribution < 1.29 is 0 Å². The summed E-state index contributed by atoms with van der Waals surface area (Å²) >= 11 is 0. The summed E-state index contributed by atoms with van der Waals surface area (Å²) in [5, 5.41) is 0. The molecule has 78 valence electrons. The van der Waals surface area contributed by atoms with E-state index in [2.05, 4.69) is 23.1 Å². The molecule has 2 nitrogen and oxygen atoms in total. The van der Waals surface area contributed by atoms with E-state index in [4.69, 9.17) is 0 Å². The van der Waals surface area contributed by atoms with Gasteiger partial charge in [0, 0.05) is 18.0 Å². The Hall–Kier alpha value is -2.22. The van der Waals surface area contributed by atoms with Gasteiger partial charge in [0.05, 0.1) is 0 Å². The highest BCUT2D eigenvalue weighted by molar-refractivity contribution is 5.74. The lowest BCUT2D eigenvalue weighted by atomic mass is 10.0. The van der Waals surface area contributed by atoms with Crippen molar-refractivity contribution in [3.8, 4) is 0 Å². The Balaban J connectivity index is 2.31. The van der Waals surface area contributed by atoms with Crippen molar-refractivity contribution in [2.45, 2.75) is 0 Å². The number of benzene rings is 1. The molecule has 0 atom stereocenters. The van der Waals surface area contributed by atoms with E-state index in [0.29, 0.717) is 5.82 Å². The van der Waals surface area contributed by atoms with Gasteiger partial charge in [0.1, 0.15) is 0 Å². The van der Waals surface area contributed by atoms with Crippen LogP contribution >= 0.6 is 0 Å². The van der Waals surface area contributed by atoms with E-state index in [-0.39, 0.29) is 0 Å². The Labute approximate surface area is 95.0 Å². The van der Waals surface area contributed by atoms with Crippen LogP contribution in [-0.4, -0.2) is 9.97 Å². The van der Waals surface area contributed by atoms with Crippen molar-refractivity contribution in [2.75, 3.05) is 0 Å². The van der Waals surface area contributed by atoms with E-state index in [1.54, 1.807) is 18.5 Å².